The lowest BCUT2D eigenvalue weighted by atomic mass is 9.95. The number of hydroxylamine groups is 1. The van der Waals surface area contributed by atoms with Crippen molar-refractivity contribution in [2.24, 2.45) is 5.73 Å². The predicted octanol–water partition coefficient (Wildman–Crippen LogP) is 1.90. The van der Waals surface area contributed by atoms with Crippen LogP contribution in [-0.4, -0.2) is 11.4 Å². The van der Waals surface area contributed by atoms with Crippen LogP contribution < -0.4 is 11.2 Å². The van der Waals surface area contributed by atoms with Crippen molar-refractivity contribution in [1.82, 2.24) is 5.48 Å². The summed E-state index contributed by atoms with van der Waals surface area (Å²) in [6.45, 7) is 0.379. The minimum Gasteiger partial charge on any atom is -0.325 e. The van der Waals surface area contributed by atoms with Crippen molar-refractivity contribution >= 4 is 5.91 Å². The van der Waals surface area contributed by atoms with Gasteiger partial charge in [-0.1, -0.05) is 43.2 Å². The molecule has 0 atom stereocenters. The number of hydrogen-bond acceptors (Lipinski definition) is 3. The van der Waals surface area contributed by atoms with Crippen LogP contribution in [0.1, 0.15) is 37.7 Å². The highest BCUT2D eigenvalue weighted by atomic mass is 16.6. The molecule has 2 rings (SSSR count). The quantitative estimate of drug-likeness (QED) is 0.782. The normalized spacial score (nSPS) is 17.6. The summed E-state index contributed by atoms with van der Waals surface area (Å²) in [4.78, 5) is 16.9. The van der Waals surface area contributed by atoms with Gasteiger partial charge in [-0.05, 0) is 18.4 Å². The van der Waals surface area contributed by atoms with Gasteiger partial charge in [0.15, 0.2) is 0 Å². The molecule has 0 bridgehead atoms. The van der Waals surface area contributed by atoms with Crippen LogP contribution in [0.4, 0.5) is 0 Å². The molecule has 18 heavy (non-hydrogen) atoms. The van der Waals surface area contributed by atoms with Gasteiger partial charge >= 0.3 is 0 Å². The second-order valence-electron chi connectivity index (χ2n) is 5.05. The van der Waals surface area contributed by atoms with E-state index in [0.717, 1.165) is 31.2 Å². The Morgan fingerprint density at radius 2 is 1.94 bits per heavy atom. The van der Waals surface area contributed by atoms with Crippen molar-refractivity contribution in [1.29, 1.82) is 0 Å². The Morgan fingerprint density at radius 1 is 1.28 bits per heavy atom. The number of carbonyl (C=O) groups excluding carboxylic acids is 1. The lowest BCUT2D eigenvalue weighted by Gasteiger charge is -2.22. The summed E-state index contributed by atoms with van der Waals surface area (Å²) in [6.07, 6.45) is 4.45. The van der Waals surface area contributed by atoms with Gasteiger partial charge in [0.25, 0.3) is 0 Å². The Hall–Kier alpha value is -1.39. The number of nitrogens with two attached hydrogens (primary N) is 1. The van der Waals surface area contributed by atoms with Crippen LogP contribution in [0.2, 0.25) is 0 Å². The van der Waals surface area contributed by atoms with E-state index in [9.17, 15) is 4.79 Å². The van der Waals surface area contributed by atoms with E-state index in [-0.39, 0.29) is 11.4 Å². The van der Waals surface area contributed by atoms with Gasteiger partial charge in [-0.25, -0.2) is 5.48 Å². The van der Waals surface area contributed by atoms with E-state index in [1.807, 2.05) is 30.3 Å². The number of benzene rings is 1. The summed E-state index contributed by atoms with van der Waals surface area (Å²) < 4.78 is 0. The third-order valence-corrected chi connectivity index (χ3v) is 3.38. The van der Waals surface area contributed by atoms with Crippen molar-refractivity contribution in [2.75, 3.05) is 0 Å². The maximum Gasteiger partial charge on any atom is 0.245 e. The van der Waals surface area contributed by atoms with Crippen LogP contribution in [0.25, 0.3) is 0 Å². The summed E-state index contributed by atoms with van der Waals surface area (Å²) in [6, 6.07) is 9.73. The highest BCUT2D eigenvalue weighted by Crippen LogP contribution is 2.29. The molecular formula is C14H20N2O2. The third-order valence-electron chi connectivity index (χ3n) is 3.38. The van der Waals surface area contributed by atoms with E-state index >= 15 is 0 Å². The van der Waals surface area contributed by atoms with Crippen LogP contribution in [-0.2, 0) is 16.2 Å². The molecule has 1 aliphatic carbocycles. The number of rotatable bonds is 5. The zero-order valence-corrected chi connectivity index (χ0v) is 10.5. The maximum atomic E-state index is 11.7. The molecule has 1 aromatic rings. The molecule has 0 saturated heterocycles. The smallest absolute Gasteiger partial charge is 0.245 e. The van der Waals surface area contributed by atoms with Crippen molar-refractivity contribution in [3.8, 4) is 0 Å². The second kappa shape index (κ2) is 5.98. The molecule has 0 heterocycles. The molecule has 0 aliphatic heterocycles. The summed E-state index contributed by atoms with van der Waals surface area (Å²) in [5, 5.41) is 0. The van der Waals surface area contributed by atoms with Crippen molar-refractivity contribution < 1.29 is 9.63 Å². The average molecular weight is 248 g/mol. The first-order valence-corrected chi connectivity index (χ1v) is 6.41. The van der Waals surface area contributed by atoms with E-state index < -0.39 is 0 Å². The molecule has 4 nitrogen and oxygen atoms in total. The van der Waals surface area contributed by atoms with Crippen LogP contribution in [0.15, 0.2) is 30.3 Å². The zero-order chi connectivity index (χ0) is 12.8. The van der Waals surface area contributed by atoms with E-state index in [4.69, 9.17) is 10.6 Å². The first kappa shape index (κ1) is 13.1. The molecule has 0 spiro atoms. The standard InChI is InChI=1S/C14H20N2O2/c15-14(8-4-5-9-14)10-13(17)16-18-11-12-6-2-1-3-7-12/h1-3,6-7H,4-5,8-11,15H2,(H,16,17). The predicted molar refractivity (Wildman–Crippen MR) is 69.4 cm³/mol. The van der Waals surface area contributed by atoms with E-state index in [1.54, 1.807) is 0 Å². The van der Waals surface area contributed by atoms with Crippen molar-refractivity contribution in [3.63, 3.8) is 0 Å². The number of carbonyl (C=O) groups is 1. The molecule has 1 saturated carbocycles. The van der Waals surface area contributed by atoms with Crippen LogP contribution in [0.5, 0.6) is 0 Å². The molecule has 1 aliphatic rings. The molecule has 98 valence electrons. The first-order chi connectivity index (χ1) is 8.68. The minimum absolute atomic E-state index is 0.129. The van der Waals surface area contributed by atoms with Crippen LogP contribution in [0.3, 0.4) is 0 Å². The van der Waals surface area contributed by atoms with Crippen molar-refractivity contribution in [2.45, 2.75) is 44.2 Å². The van der Waals surface area contributed by atoms with E-state index in [0.29, 0.717) is 13.0 Å². The van der Waals surface area contributed by atoms with Crippen molar-refractivity contribution in [3.05, 3.63) is 35.9 Å². The largest absolute Gasteiger partial charge is 0.325 e. The van der Waals surface area contributed by atoms with Gasteiger partial charge in [-0.15, -0.1) is 0 Å². The fraction of sp³-hybridized carbons (Fsp3) is 0.500. The Morgan fingerprint density at radius 3 is 2.61 bits per heavy atom. The summed E-state index contributed by atoms with van der Waals surface area (Å²) >= 11 is 0. The molecular weight excluding hydrogens is 228 g/mol. The number of nitrogens with one attached hydrogen (secondary N) is 1. The summed E-state index contributed by atoms with van der Waals surface area (Å²) in [5.74, 6) is -0.129. The minimum atomic E-state index is -0.319. The highest BCUT2D eigenvalue weighted by Gasteiger charge is 2.31. The van der Waals surface area contributed by atoms with Crippen LogP contribution in [0, 0.1) is 0 Å². The zero-order valence-electron chi connectivity index (χ0n) is 10.5. The summed E-state index contributed by atoms with van der Waals surface area (Å²) in [7, 11) is 0. The van der Waals surface area contributed by atoms with E-state index in [2.05, 4.69) is 5.48 Å². The van der Waals surface area contributed by atoms with Gasteiger partial charge in [0, 0.05) is 12.0 Å². The topological polar surface area (TPSA) is 64.4 Å². The fourth-order valence-corrected chi connectivity index (χ4v) is 2.39. The Labute approximate surface area is 107 Å². The van der Waals surface area contributed by atoms with Gasteiger partial charge in [-0.2, -0.15) is 0 Å². The highest BCUT2D eigenvalue weighted by molar-refractivity contribution is 5.76. The van der Waals surface area contributed by atoms with Crippen LogP contribution >= 0.6 is 0 Å². The Bertz CT molecular complexity index is 386. The molecule has 1 aromatic carbocycles. The fourth-order valence-electron chi connectivity index (χ4n) is 2.39. The van der Waals surface area contributed by atoms with E-state index in [1.165, 1.54) is 0 Å². The molecule has 4 heteroatoms. The molecule has 0 aromatic heterocycles. The lowest BCUT2D eigenvalue weighted by Crippen LogP contribution is -2.42. The second-order valence-corrected chi connectivity index (χ2v) is 5.05. The lowest BCUT2D eigenvalue weighted by molar-refractivity contribution is -0.135. The summed E-state index contributed by atoms with van der Waals surface area (Å²) in [5.41, 5.74) is 9.30. The number of hydrogen-bond donors (Lipinski definition) is 2. The Balaban J connectivity index is 1.69. The first-order valence-electron chi connectivity index (χ1n) is 6.41. The van der Waals surface area contributed by atoms with Gasteiger partial charge in [0.2, 0.25) is 5.91 Å². The number of amides is 1. The van der Waals surface area contributed by atoms with Gasteiger partial charge in [-0.3, -0.25) is 9.63 Å². The molecule has 0 radical (unpaired) electrons. The van der Waals surface area contributed by atoms with Gasteiger partial charge in [0.1, 0.15) is 0 Å². The Kier molecular flexibility index (Phi) is 4.33. The average Bonchev–Trinajstić information content (AvgIpc) is 2.77. The molecule has 0 unspecified atom stereocenters. The molecule has 1 amide bonds. The molecule has 1 fully saturated rings. The SMILES string of the molecule is NC1(CC(=O)NOCc2ccccc2)CCCC1. The monoisotopic (exact) mass is 248 g/mol. The van der Waals surface area contributed by atoms with Gasteiger partial charge in [0.05, 0.1) is 6.61 Å². The maximum absolute atomic E-state index is 11.7. The van der Waals surface area contributed by atoms with Gasteiger partial charge < -0.3 is 5.73 Å². The third kappa shape index (κ3) is 3.82. The molecule has 3 N–H and O–H groups in total.